The number of amides is 1. The molecule has 0 heterocycles. The summed E-state index contributed by atoms with van der Waals surface area (Å²) in [6.07, 6.45) is 1.44. The van der Waals surface area contributed by atoms with Crippen LogP contribution in [-0.4, -0.2) is 23.8 Å². The van der Waals surface area contributed by atoms with Crippen LogP contribution >= 0.6 is 45.2 Å². The number of phenols is 1. The largest absolute Gasteiger partial charge is 0.506 e. The molecule has 0 unspecified atom stereocenters. The number of anilines is 1. The number of fused-ring (bicyclic) bond motifs is 1. The van der Waals surface area contributed by atoms with Crippen molar-refractivity contribution in [2.45, 2.75) is 0 Å². The summed E-state index contributed by atoms with van der Waals surface area (Å²) >= 11 is 4.22. The average molecular weight is 571 g/mol. The Kier molecular flexibility index (Phi) is 6.30. The van der Waals surface area contributed by atoms with Crippen LogP contribution in [0.2, 0.25) is 0 Å². The number of rotatable bonds is 5. The first-order chi connectivity index (χ1) is 12.5. The lowest BCUT2D eigenvalue weighted by Crippen LogP contribution is -2.25. The zero-order valence-electron chi connectivity index (χ0n) is 13.5. The normalized spacial score (nSPS) is 11.0. The molecule has 1 amide bonds. The maximum Gasteiger partial charge on any atom is 0.259 e. The molecule has 3 aromatic rings. The fraction of sp³-hybridized carbons (Fsp3) is 0.0526. The maximum absolute atomic E-state index is 12.0. The molecular weight excluding hydrogens is 556 g/mol. The first kappa shape index (κ1) is 18.9. The number of halogens is 2. The van der Waals surface area contributed by atoms with Crippen LogP contribution in [-0.2, 0) is 4.79 Å². The van der Waals surface area contributed by atoms with E-state index in [2.05, 4.69) is 61.0 Å². The number of nitrogens with zero attached hydrogens (tertiary/aromatic N) is 1. The molecule has 0 aromatic heterocycles. The lowest BCUT2D eigenvalue weighted by Gasteiger charge is -2.09. The van der Waals surface area contributed by atoms with E-state index in [1.165, 1.54) is 6.21 Å². The van der Waals surface area contributed by atoms with E-state index in [0.29, 0.717) is 5.56 Å². The van der Waals surface area contributed by atoms with Gasteiger partial charge in [-0.15, -0.1) is 0 Å². The molecule has 3 rings (SSSR count). The van der Waals surface area contributed by atoms with Gasteiger partial charge in [-0.1, -0.05) is 36.4 Å². The van der Waals surface area contributed by atoms with Crippen LogP contribution in [0.4, 0.5) is 5.69 Å². The van der Waals surface area contributed by atoms with Crippen LogP contribution < -0.4 is 10.7 Å². The number of hydrogen-bond donors (Lipinski definition) is 3. The molecular formula is C19H15I2N3O2. The molecule has 5 nitrogen and oxygen atoms in total. The van der Waals surface area contributed by atoms with E-state index in [1.54, 1.807) is 6.07 Å². The van der Waals surface area contributed by atoms with Crippen molar-refractivity contribution in [2.24, 2.45) is 5.10 Å². The van der Waals surface area contributed by atoms with E-state index in [9.17, 15) is 9.90 Å². The van der Waals surface area contributed by atoms with Gasteiger partial charge in [0.05, 0.1) is 16.3 Å². The predicted octanol–water partition coefficient (Wildman–Crippen LogP) is 4.32. The van der Waals surface area contributed by atoms with Crippen molar-refractivity contribution in [3.63, 3.8) is 0 Å². The predicted molar refractivity (Wildman–Crippen MR) is 122 cm³/mol. The van der Waals surface area contributed by atoms with Crippen molar-refractivity contribution in [3.05, 3.63) is 67.3 Å². The van der Waals surface area contributed by atoms with Crippen molar-refractivity contribution in [2.75, 3.05) is 11.9 Å². The van der Waals surface area contributed by atoms with E-state index in [4.69, 9.17) is 0 Å². The molecule has 0 atom stereocenters. The third-order valence-corrected chi connectivity index (χ3v) is 5.12. The van der Waals surface area contributed by atoms with E-state index in [1.807, 2.05) is 48.5 Å². The summed E-state index contributed by atoms with van der Waals surface area (Å²) in [5.41, 5.74) is 3.92. The second-order valence-electron chi connectivity index (χ2n) is 5.50. The summed E-state index contributed by atoms with van der Waals surface area (Å²) in [5, 5.41) is 19.2. The highest BCUT2D eigenvalue weighted by Crippen LogP contribution is 2.25. The molecule has 26 heavy (non-hydrogen) atoms. The summed E-state index contributed by atoms with van der Waals surface area (Å²) in [5.74, 6) is -0.119. The van der Waals surface area contributed by atoms with Gasteiger partial charge in [-0.25, -0.2) is 5.43 Å². The first-order valence-electron chi connectivity index (χ1n) is 7.76. The Balaban J connectivity index is 1.61. The zero-order chi connectivity index (χ0) is 18.5. The van der Waals surface area contributed by atoms with Crippen LogP contribution in [0.15, 0.2) is 59.7 Å². The second kappa shape index (κ2) is 8.67. The highest BCUT2D eigenvalue weighted by Gasteiger charge is 2.06. The number of carbonyl (C=O) groups is 1. The van der Waals surface area contributed by atoms with Gasteiger partial charge in [-0.05, 0) is 68.8 Å². The molecule has 0 aliphatic heterocycles. The Bertz CT molecular complexity index is 984. The number of phenolic OH excluding ortho intramolecular Hbond substituents is 1. The third-order valence-electron chi connectivity index (χ3n) is 3.68. The number of nitrogens with one attached hydrogen (secondary N) is 2. The number of aromatic hydroxyl groups is 1. The highest BCUT2D eigenvalue weighted by atomic mass is 127. The van der Waals surface area contributed by atoms with Crippen LogP contribution in [0.3, 0.4) is 0 Å². The minimum atomic E-state index is -0.269. The van der Waals surface area contributed by atoms with Gasteiger partial charge in [0.1, 0.15) is 5.75 Å². The van der Waals surface area contributed by atoms with Crippen LogP contribution in [0, 0.1) is 7.14 Å². The Labute approximate surface area is 178 Å². The van der Waals surface area contributed by atoms with Crippen molar-refractivity contribution in [3.8, 4) is 5.75 Å². The minimum Gasteiger partial charge on any atom is -0.506 e. The lowest BCUT2D eigenvalue weighted by molar-refractivity contribution is -0.119. The standard InChI is InChI=1S/C19H15I2N3O2/c20-14-8-13(19(26)16(21)9-14)10-23-24-18(25)11-22-17-7-3-5-12-4-1-2-6-15(12)17/h1-10,22,26H,11H2,(H,24,25)/b23-10-. The Hall–Kier alpha value is -1.88. The fourth-order valence-electron chi connectivity index (χ4n) is 2.45. The molecule has 0 aliphatic rings. The maximum atomic E-state index is 12.0. The first-order valence-corrected chi connectivity index (χ1v) is 9.92. The van der Waals surface area contributed by atoms with Gasteiger partial charge in [0.25, 0.3) is 5.91 Å². The lowest BCUT2D eigenvalue weighted by atomic mass is 10.1. The van der Waals surface area contributed by atoms with Crippen molar-refractivity contribution >= 4 is 73.8 Å². The Morgan fingerprint density at radius 2 is 1.88 bits per heavy atom. The molecule has 0 spiro atoms. The van der Waals surface area contributed by atoms with Gasteiger partial charge in [-0.3, -0.25) is 4.79 Å². The SMILES string of the molecule is O=C(CNc1cccc2ccccc12)N/N=C\c1cc(I)cc(I)c1O. The molecule has 0 saturated heterocycles. The monoisotopic (exact) mass is 571 g/mol. The Morgan fingerprint density at radius 1 is 1.12 bits per heavy atom. The molecule has 3 N–H and O–H groups in total. The van der Waals surface area contributed by atoms with Crippen LogP contribution in [0.1, 0.15) is 5.56 Å². The number of hydrazone groups is 1. The second-order valence-corrected chi connectivity index (χ2v) is 7.91. The number of carbonyl (C=O) groups excluding carboxylic acids is 1. The molecule has 0 bridgehead atoms. The summed E-state index contributed by atoms with van der Waals surface area (Å²) < 4.78 is 1.72. The van der Waals surface area contributed by atoms with Gasteiger partial charge >= 0.3 is 0 Å². The molecule has 0 radical (unpaired) electrons. The van der Waals surface area contributed by atoms with Gasteiger partial charge in [0, 0.05) is 20.2 Å². The molecule has 132 valence electrons. The fourth-order valence-corrected chi connectivity index (χ4v) is 4.34. The van der Waals surface area contributed by atoms with Crippen molar-refractivity contribution in [1.29, 1.82) is 0 Å². The van der Waals surface area contributed by atoms with Crippen molar-refractivity contribution < 1.29 is 9.90 Å². The molecule has 0 saturated carbocycles. The molecule has 0 aliphatic carbocycles. The van der Waals surface area contributed by atoms with E-state index < -0.39 is 0 Å². The van der Waals surface area contributed by atoms with Crippen LogP contribution in [0.5, 0.6) is 5.75 Å². The van der Waals surface area contributed by atoms with E-state index in [-0.39, 0.29) is 18.2 Å². The Morgan fingerprint density at radius 3 is 2.73 bits per heavy atom. The number of hydrogen-bond acceptors (Lipinski definition) is 4. The summed E-state index contributed by atoms with van der Waals surface area (Å²) in [4.78, 5) is 12.0. The average Bonchev–Trinajstić information content (AvgIpc) is 2.63. The third kappa shape index (κ3) is 4.64. The van der Waals surface area contributed by atoms with E-state index in [0.717, 1.165) is 23.6 Å². The van der Waals surface area contributed by atoms with Gasteiger partial charge in [0.2, 0.25) is 0 Å². The zero-order valence-corrected chi connectivity index (χ0v) is 17.9. The quantitative estimate of drug-likeness (QED) is 0.243. The topological polar surface area (TPSA) is 73.7 Å². The molecule has 7 heteroatoms. The molecule has 0 fully saturated rings. The van der Waals surface area contributed by atoms with Gasteiger partial charge < -0.3 is 10.4 Å². The summed E-state index contributed by atoms with van der Waals surface area (Å²) in [6, 6.07) is 17.5. The van der Waals surface area contributed by atoms with E-state index >= 15 is 0 Å². The van der Waals surface area contributed by atoms with Crippen molar-refractivity contribution in [1.82, 2.24) is 5.43 Å². The van der Waals surface area contributed by atoms with Gasteiger partial charge in [-0.2, -0.15) is 5.10 Å². The highest BCUT2D eigenvalue weighted by molar-refractivity contribution is 14.1. The summed E-state index contributed by atoms with van der Waals surface area (Å²) in [7, 11) is 0. The summed E-state index contributed by atoms with van der Waals surface area (Å²) in [6.45, 7) is 0.0984. The van der Waals surface area contributed by atoms with Gasteiger partial charge in [0.15, 0.2) is 0 Å². The van der Waals surface area contributed by atoms with Crippen LogP contribution in [0.25, 0.3) is 10.8 Å². The minimum absolute atomic E-state index is 0.0984. The molecule has 3 aromatic carbocycles. The smallest absolute Gasteiger partial charge is 0.259 e. The number of benzene rings is 3.